The molecule has 1 aromatic rings. The van der Waals surface area contributed by atoms with Gasteiger partial charge in [-0.15, -0.1) is 0 Å². The third kappa shape index (κ3) is 15.9. The highest BCUT2D eigenvalue weighted by molar-refractivity contribution is 5.66. The molecule has 0 bridgehead atoms. The second-order valence-corrected chi connectivity index (χ2v) is 8.78. The molecule has 32 heavy (non-hydrogen) atoms. The van der Waals surface area contributed by atoms with Crippen LogP contribution >= 0.6 is 0 Å². The van der Waals surface area contributed by atoms with Gasteiger partial charge in [-0.25, -0.2) is 0 Å². The molecule has 0 aliphatic carbocycles. The number of benzene rings is 1. The lowest BCUT2D eigenvalue weighted by molar-refractivity contribution is -0.147. The summed E-state index contributed by atoms with van der Waals surface area (Å²) in [6, 6.07) is 10.2. The molecule has 1 aromatic carbocycles. The fraction of sp³-hybridized carbons (Fsp3) is 0.704. The van der Waals surface area contributed by atoms with Crippen molar-refractivity contribution in [3.05, 3.63) is 35.9 Å². The molecule has 0 aliphatic rings. The number of carboxylic acid groups (broad SMARTS) is 1. The van der Waals surface area contributed by atoms with Crippen molar-refractivity contribution in [2.45, 2.75) is 123 Å². The van der Waals surface area contributed by atoms with E-state index < -0.39 is 5.97 Å². The Kier molecular flexibility index (Phi) is 16.4. The third-order valence-electron chi connectivity index (χ3n) is 5.76. The van der Waals surface area contributed by atoms with Crippen LogP contribution in [0, 0.1) is 0 Å². The number of ether oxygens (including phenoxy) is 2. The SMILES string of the molecule is CCCCC(CCCCCCCC(CCCCC(=O)O)OCc1ccccc1)OC(C)=O. The highest BCUT2D eigenvalue weighted by Gasteiger charge is 2.12. The van der Waals surface area contributed by atoms with Gasteiger partial charge in [0.1, 0.15) is 6.10 Å². The molecule has 0 aliphatic heterocycles. The van der Waals surface area contributed by atoms with E-state index in [-0.39, 0.29) is 24.6 Å². The van der Waals surface area contributed by atoms with Crippen LogP contribution < -0.4 is 0 Å². The largest absolute Gasteiger partial charge is 0.481 e. The number of carbonyl (C=O) groups excluding carboxylic acids is 1. The van der Waals surface area contributed by atoms with E-state index in [1.54, 1.807) is 0 Å². The second kappa shape index (κ2) is 18.7. The zero-order valence-electron chi connectivity index (χ0n) is 20.2. The first-order valence-corrected chi connectivity index (χ1v) is 12.6. The van der Waals surface area contributed by atoms with Crippen LogP contribution in [-0.4, -0.2) is 29.3 Å². The van der Waals surface area contributed by atoms with E-state index in [0.717, 1.165) is 64.2 Å². The van der Waals surface area contributed by atoms with Gasteiger partial charge < -0.3 is 14.6 Å². The number of esters is 1. The van der Waals surface area contributed by atoms with E-state index in [9.17, 15) is 9.59 Å². The molecule has 0 radical (unpaired) electrons. The van der Waals surface area contributed by atoms with Gasteiger partial charge in [-0.2, -0.15) is 0 Å². The average Bonchev–Trinajstić information content (AvgIpc) is 2.77. The molecule has 5 heteroatoms. The van der Waals surface area contributed by atoms with E-state index in [2.05, 4.69) is 19.1 Å². The summed E-state index contributed by atoms with van der Waals surface area (Å²) < 4.78 is 11.6. The van der Waals surface area contributed by atoms with Gasteiger partial charge in [0, 0.05) is 13.3 Å². The number of hydrogen-bond donors (Lipinski definition) is 1. The number of hydrogen-bond acceptors (Lipinski definition) is 4. The average molecular weight is 449 g/mol. The van der Waals surface area contributed by atoms with Crippen molar-refractivity contribution in [2.24, 2.45) is 0 Å². The molecule has 1 N–H and O–H groups in total. The first kappa shape index (κ1) is 28.2. The summed E-state index contributed by atoms with van der Waals surface area (Å²) >= 11 is 0. The quantitative estimate of drug-likeness (QED) is 0.171. The van der Waals surface area contributed by atoms with Crippen molar-refractivity contribution >= 4 is 11.9 Å². The Morgan fingerprint density at radius 3 is 1.97 bits per heavy atom. The van der Waals surface area contributed by atoms with Crippen LogP contribution in [0.3, 0.4) is 0 Å². The summed E-state index contributed by atoms with van der Waals surface area (Å²) in [6.07, 6.45) is 14.0. The standard InChI is InChI=1S/C27H44O5/c1-3-4-17-26(32-23(2)28)20-12-7-5-6-11-18-25(19-13-14-21-27(29)30)31-22-24-15-9-8-10-16-24/h8-10,15-16,25-26H,3-7,11-14,17-22H2,1-2H3,(H,29,30). The van der Waals surface area contributed by atoms with Gasteiger partial charge in [0.15, 0.2) is 0 Å². The van der Waals surface area contributed by atoms with Crippen molar-refractivity contribution in [1.29, 1.82) is 0 Å². The highest BCUT2D eigenvalue weighted by atomic mass is 16.5. The van der Waals surface area contributed by atoms with Gasteiger partial charge in [0.2, 0.25) is 0 Å². The fourth-order valence-corrected chi connectivity index (χ4v) is 3.95. The summed E-state index contributed by atoms with van der Waals surface area (Å²) in [4.78, 5) is 22.0. The highest BCUT2D eigenvalue weighted by Crippen LogP contribution is 2.19. The lowest BCUT2D eigenvalue weighted by Gasteiger charge is -2.18. The van der Waals surface area contributed by atoms with Gasteiger partial charge >= 0.3 is 11.9 Å². The number of carboxylic acids is 1. The molecular weight excluding hydrogens is 404 g/mol. The molecule has 0 saturated heterocycles. The summed E-state index contributed by atoms with van der Waals surface area (Å²) in [5.74, 6) is -0.895. The summed E-state index contributed by atoms with van der Waals surface area (Å²) in [5, 5.41) is 8.84. The maximum atomic E-state index is 11.3. The van der Waals surface area contributed by atoms with Gasteiger partial charge in [-0.3, -0.25) is 9.59 Å². The Bertz CT molecular complexity index is 601. The normalized spacial score (nSPS) is 12.9. The molecule has 2 unspecified atom stereocenters. The summed E-state index contributed by atoms with van der Waals surface area (Å²) in [5.41, 5.74) is 1.17. The molecule has 0 aromatic heterocycles. The minimum atomic E-state index is -0.725. The maximum absolute atomic E-state index is 11.3. The summed E-state index contributed by atoms with van der Waals surface area (Å²) in [7, 11) is 0. The van der Waals surface area contributed by atoms with Crippen LogP contribution in [0.25, 0.3) is 0 Å². The van der Waals surface area contributed by atoms with E-state index in [1.807, 2.05) is 18.2 Å². The Labute approximate surface area is 194 Å². The molecule has 0 spiro atoms. The summed E-state index contributed by atoms with van der Waals surface area (Å²) in [6.45, 7) is 4.27. The first-order valence-electron chi connectivity index (χ1n) is 12.6. The number of rotatable bonds is 20. The Balaban J connectivity index is 2.25. The van der Waals surface area contributed by atoms with Crippen LogP contribution in [0.2, 0.25) is 0 Å². The molecule has 1 rings (SSSR count). The monoisotopic (exact) mass is 448 g/mol. The van der Waals surface area contributed by atoms with Crippen LogP contribution in [-0.2, 0) is 25.7 Å². The van der Waals surface area contributed by atoms with Gasteiger partial charge in [0.05, 0.1) is 12.7 Å². The molecular formula is C27H44O5. The first-order chi connectivity index (χ1) is 15.5. The molecule has 0 heterocycles. The van der Waals surface area contributed by atoms with E-state index >= 15 is 0 Å². The van der Waals surface area contributed by atoms with Crippen molar-refractivity contribution < 1.29 is 24.2 Å². The van der Waals surface area contributed by atoms with Gasteiger partial charge in [-0.1, -0.05) is 82.2 Å². The van der Waals surface area contributed by atoms with E-state index in [1.165, 1.54) is 25.3 Å². The van der Waals surface area contributed by atoms with Gasteiger partial charge in [0.25, 0.3) is 0 Å². The smallest absolute Gasteiger partial charge is 0.303 e. The number of unbranched alkanes of at least 4 members (excludes halogenated alkanes) is 6. The van der Waals surface area contributed by atoms with Crippen molar-refractivity contribution in [1.82, 2.24) is 0 Å². The molecule has 0 saturated carbocycles. The van der Waals surface area contributed by atoms with Crippen LogP contribution in [0.15, 0.2) is 30.3 Å². The lowest BCUT2D eigenvalue weighted by Crippen LogP contribution is -2.16. The fourth-order valence-electron chi connectivity index (χ4n) is 3.95. The predicted octanol–water partition coefficient (Wildman–Crippen LogP) is 7.07. The van der Waals surface area contributed by atoms with Crippen LogP contribution in [0.5, 0.6) is 0 Å². The predicted molar refractivity (Wildman–Crippen MR) is 129 cm³/mol. The number of aliphatic carboxylic acids is 1. The second-order valence-electron chi connectivity index (χ2n) is 8.78. The molecule has 0 amide bonds. The van der Waals surface area contributed by atoms with Crippen molar-refractivity contribution in [3.8, 4) is 0 Å². The Morgan fingerprint density at radius 1 is 0.812 bits per heavy atom. The van der Waals surface area contributed by atoms with Crippen molar-refractivity contribution in [3.63, 3.8) is 0 Å². The zero-order valence-corrected chi connectivity index (χ0v) is 20.2. The molecule has 5 nitrogen and oxygen atoms in total. The topological polar surface area (TPSA) is 72.8 Å². The van der Waals surface area contributed by atoms with E-state index in [4.69, 9.17) is 14.6 Å². The number of carbonyl (C=O) groups is 2. The maximum Gasteiger partial charge on any atom is 0.303 e. The Morgan fingerprint density at radius 2 is 1.38 bits per heavy atom. The molecule has 182 valence electrons. The van der Waals surface area contributed by atoms with Crippen LogP contribution in [0.4, 0.5) is 0 Å². The zero-order chi connectivity index (χ0) is 23.4. The van der Waals surface area contributed by atoms with Crippen molar-refractivity contribution in [2.75, 3.05) is 0 Å². The third-order valence-corrected chi connectivity index (χ3v) is 5.76. The van der Waals surface area contributed by atoms with Crippen LogP contribution in [0.1, 0.15) is 109 Å². The minimum absolute atomic E-state index is 0.0778. The molecule has 2 atom stereocenters. The minimum Gasteiger partial charge on any atom is -0.481 e. The van der Waals surface area contributed by atoms with Gasteiger partial charge in [-0.05, 0) is 44.1 Å². The van der Waals surface area contributed by atoms with E-state index in [0.29, 0.717) is 13.0 Å². The Hall–Kier alpha value is -1.88. The molecule has 0 fully saturated rings. The lowest BCUT2D eigenvalue weighted by atomic mass is 10.0.